The van der Waals surface area contributed by atoms with Gasteiger partial charge in [0.2, 0.25) is 5.82 Å². The van der Waals surface area contributed by atoms with Gasteiger partial charge in [-0.15, -0.1) is 0 Å². The first-order chi connectivity index (χ1) is 12.9. The van der Waals surface area contributed by atoms with E-state index >= 15 is 0 Å². The van der Waals surface area contributed by atoms with Gasteiger partial charge in [0.1, 0.15) is 5.82 Å². The molecule has 6 heteroatoms. The summed E-state index contributed by atoms with van der Waals surface area (Å²) in [5.41, 5.74) is 3.02. The molecule has 27 heavy (non-hydrogen) atoms. The van der Waals surface area contributed by atoms with Gasteiger partial charge in [-0.1, -0.05) is 26.8 Å². The normalized spacial score (nSPS) is 14.7. The summed E-state index contributed by atoms with van der Waals surface area (Å²) in [5.74, 6) is 0.406. The fourth-order valence-electron chi connectivity index (χ4n) is 2.98. The number of rotatable bonds is 4. The van der Waals surface area contributed by atoms with Crippen LogP contribution in [0.25, 0.3) is 5.57 Å². The Bertz CT molecular complexity index is 841. The number of anilines is 1. The van der Waals surface area contributed by atoms with Crippen LogP contribution in [-0.4, -0.2) is 40.6 Å². The van der Waals surface area contributed by atoms with Crippen molar-refractivity contribution >= 4 is 17.4 Å². The van der Waals surface area contributed by atoms with Gasteiger partial charge in [0.25, 0.3) is 0 Å². The zero-order valence-corrected chi connectivity index (χ0v) is 16.4. The highest BCUT2D eigenvalue weighted by Crippen LogP contribution is 2.28. The van der Waals surface area contributed by atoms with Crippen LogP contribution >= 0.6 is 0 Å². The Hall–Kier alpha value is -2.76. The van der Waals surface area contributed by atoms with Crippen LogP contribution < -0.4 is 4.90 Å². The van der Waals surface area contributed by atoms with Crippen molar-refractivity contribution in [1.82, 2.24) is 15.0 Å². The van der Waals surface area contributed by atoms with Crippen molar-refractivity contribution in [3.05, 3.63) is 53.8 Å². The molecule has 0 radical (unpaired) electrons. The molecule has 0 atom stereocenters. The highest BCUT2D eigenvalue weighted by Gasteiger charge is 2.24. The fraction of sp³-hybridized carbons (Fsp3) is 0.429. The number of hydrogen-bond acceptors (Lipinski definition) is 6. The van der Waals surface area contributed by atoms with Crippen molar-refractivity contribution < 1.29 is 9.53 Å². The second-order valence-corrected chi connectivity index (χ2v) is 7.58. The number of carbonyl (C=O) groups excluding carboxylic acids is 1. The molecular formula is C21H26N4O2. The van der Waals surface area contributed by atoms with Crippen LogP contribution in [0, 0.1) is 0 Å². The van der Waals surface area contributed by atoms with Crippen molar-refractivity contribution in [2.24, 2.45) is 0 Å². The quantitative estimate of drug-likeness (QED) is 0.770. The molecule has 6 nitrogen and oxygen atoms in total. The number of aromatic nitrogens is 3. The molecule has 1 aliphatic heterocycles. The largest absolute Gasteiger partial charge is 0.460 e. The summed E-state index contributed by atoms with van der Waals surface area (Å²) >= 11 is 0. The van der Waals surface area contributed by atoms with Gasteiger partial charge in [-0.3, -0.25) is 4.98 Å². The molecule has 0 fully saturated rings. The van der Waals surface area contributed by atoms with Crippen molar-refractivity contribution in [2.75, 3.05) is 24.6 Å². The smallest absolute Gasteiger partial charge is 0.376 e. The summed E-state index contributed by atoms with van der Waals surface area (Å²) in [6, 6.07) is 6.01. The molecule has 0 saturated heterocycles. The molecule has 0 N–H and O–H groups in total. The van der Waals surface area contributed by atoms with Gasteiger partial charge >= 0.3 is 5.97 Å². The molecular weight excluding hydrogens is 340 g/mol. The third-order valence-electron chi connectivity index (χ3n) is 4.47. The molecule has 3 heterocycles. The van der Waals surface area contributed by atoms with Crippen molar-refractivity contribution in [1.29, 1.82) is 0 Å². The minimum absolute atomic E-state index is 0.124. The van der Waals surface area contributed by atoms with E-state index in [9.17, 15) is 4.79 Å². The van der Waals surface area contributed by atoms with Crippen LogP contribution in [0.1, 0.15) is 56.0 Å². The Balaban J connectivity index is 1.94. The van der Waals surface area contributed by atoms with Crippen molar-refractivity contribution in [2.45, 2.75) is 39.5 Å². The predicted molar refractivity (Wildman–Crippen MR) is 106 cm³/mol. The molecule has 1 aliphatic rings. The van der Waals surface area contributed by atoms with E-state index in [1.54, 1.807) is 19.3 Å². The lowest BCUT2D eigenvalue weighted by atomic mass is 9.91. The lowest BCUT2D eigenvalue weighted by Crippen LogP contribution is -2.31. The van der Waals surface area contributed by atoms with Crippen LogP contribution in [0.2, 0.25) is 0 Å². The lowest BCUT2D eigenvalue weighted by Gasteiger charge is -2.30. The Morgan fingerprint density at radius 2 is 1.96 bits per heavy atom. The fourth-order valence-corrected chi connectivity index (χ4v) is 2.98. The van der Waals surface area contributed by atoms with Crippen molar-refractivity contribution in [3.8, 4) is 0 Å². The first-order valence-electron chi connectivity index (χ1n) is 9.29. The maximum atomic E-state index is 12.3. The molecule has 3 rings (SSSR count). The molecule has 2 aromatic heterocycles. The summed E-state index contributed by atoms with van der Waals surface area (Å²) in [7, 11) is 0. The molecule has 0 spiro atoms. The number of ether oxygens (including phenoxy) is 1. The van der Waals surface area contributed by atoms with E-state index in [1.807, 2.05) is 18.2 Å². The number of nitrogens with zero attached hydrogens (tertiary/aromatic N) is 4. The third kappa shape index (κ3) is 4.51. The Labute approximate surface area is 160 Å². The van der Waals surface area contributed by atoms with Gasteiger partial charge in [0.15, 0.2) is 0 Å². The molecule has 0 bridgehead atoms. The molecule has 142 valence electrons. The molecule has 0 aromatic carbocycles. The third-order valence-corrected chi connectivity index (χ3v) is 4.47. The van der Waals surface area contributed by atoms with Gasteiger partial charge in [-0.05, 0) is 36.6 Å². The second kappa shape index (κ2) is 7.86. The highest BCUT2D eigenvalue weighted by molar-refractivity contribution is 5.85. The number of pyridine rings is 1. The molecule has 2 aromatic rings. The standard InChI is InChI=1S/C21H26N4O2/c1-5-27-20(26)19-23-17(21(2,3)4)13-18(24-19)25-12-6-7-16(14-25)15-8-10-22-11-9-15/h7-11,13H,5-6,12,14H2,1-4H3. The summed E-state index contributed by atoms with van der Waals surface area (Å²) in [5, 5.41) is 0. The Kier molecular flexibility index (Phi) is 5.54. The van der Waals surface area contributed by atoms with Crippen LogP contribution in [0.3, 0.4) is 0 Å². The van der Waals surface area contributed by atoms with Crippen LogP contribution in [0.4, 0.5) is 5.82 Å². The summed E-state index contributed by atoms with van der Waals surface area (Å²) in [6.45, 7) is 9.88. The molecule has 0 amide bonds. The van der Waals surface area contributed by atoms with Crippen LogP contribution in [0.5, 0.6) is 0 Å². The average Bonchev–Trinajstić information content (AvgIpc) is 2.68. The first kappa shape index (κ1) is 19.0. The van der Waals surface area contributed by atoms with E-state index in [-0.39, 0.29) is 11.2 Å². The predicted octanol–water partition coefficient (Wildman–Crippen LogP) is 3.64. The zero-order chi connectivity index (χ0) is 19.4. The van der Waals surface area contributed by atoms with Crippen molar-refractivity contribution in [3.63, 3.8) is 0 Å². The number of carbonyl (C=O) groups is 1. The monoisotopic (exact) mass is 366 g/mol. The van der Waals surface area contributed by atoms with Gasteiger partial charge in [-0.2, -0.15) is 0 Å². The van der Waals surface area contributed by atoms with E-state index < -0.39 is 5.97 Å². The summed E-state index contributed by atoms with van der Waals surface area (Å²) in [6.07, 6.45) is 6.78. The average molecular weight is 366 g/mol. The minimum atomic E-state index is -0.480. The lowest BCUT2D eigenvalue weighted by molar-refractivity contribution is 0.0511. The Morgan fingerprint density at radius 3 is 2.63 bits per heavy atom. The van der Waals surface area contributed by atoms with E-state index in [4.69, 9.17) is 4.74 Å². The minimum Gasteiger partial charge on any atom is -0.460 e. The molecule has 0 unspecified atom stereocenters. The summed E-state index contributed by atoms with van der Waals surface area (Å²) < 4.78 is 5.13. The van der Waals surface area contributed by atoms with Gasteiger partial charge < -0.3 is 9.64 Å². The number of esters is 1. The summed E-state index contributed by atoms with van der Waals surface area (Å²) in [4.78, 5) is 27.5. The zero-order valence-electron chi connectivity index (χ0n) is 16.4. The maximum Gasteiger partial charge on any atom is 0.376 e. The second-order valence-electron chi connectivity index (χ2n) is 7.58. The SMILES string of the molecule is CCOC(=O)c1nc(N2CCC=C(c3ccncc3)C2)cc(C(C)(C)C)n1. The van der Waals surface area contributed by atoms with E-state index in [0.29, 0.717) is 6.61 Å². The maximum absolute atomic E-state index is 12.3. The van der Waals surface area contributed by atoms with E-state index in [1.165, 1.54) is 5.57 Å². The molecule has 0 aliphatic carbocycles. The first-order valence-corrected chi connectivity index (χ1v) is 9.29. The van der Waals surface area contributed by atoms with Gasteiger partial charge in [0, 0.05) is 37.0 Å². The Morgan fingerprint density at radius 1 is 1.22 bits per heavy atom. The highest BCUT2D eigenvalue weighted by atomic mass is 16.5. The number of hydrogen-bond donors (Lipinski definition) is 0. The van der Waals surface area contributed by atoms with Gasteiger partial charge in [0.05, 0.1) is 12.3 Å². The van der Waals surface area contributed by atoms with Crippen LogP contribution in [-0.2, 0) is 10.2 Å². The molecule has 0 saturated carbocycles. The topological polar surface area (TPSA) is 68.2 Å². The van der Waals surface area contributed by atoms with E-state index in [0.717, 1.165) is 36.6 Å². The van der Waals surface area contributed by atoms with Crippen LogP contribution in [0.15, 0.2) is 36.7 Å². The van der Waals surface area contributed by atoms with E-state index in [2.05, 4.69) is 46.7 Å². The van der Waals surface area contributed by atoms with Gasteiger partial charge in [-0.25, -0.2) is 14.8 Å².